The van der Waals surface area contributed by atoms with Crippen LogP contribution >= 0.6 is 22.9 Å². The van der Waals surface area contributed by atoms with Crippen LogP contribution in [0.5, 0.6) is 0 Å². The number of aryl methyl sites for hydroxylation is 2. The Morgan fingerprint density at radius 3 is 2.41 bits per heavy atom. The number of thiophene rings is 1. The summed E-state index contributed by atoms with van der Waals surface area (Å²) < 4.78 is 2.07. The van der Waals surface area contributed by atoms with Crippen LogP contribution in [0.15, 0.2) is 60.7 Å². The Hall–Kier alpha value is -3.09. The third-order valence-electron chi connectivity index (χ3n) is 6.79. The molecule has 1 aliphatic carbocycles. The second kappa shape index (κ2) is 8.60. The van der Waals surface area contributed by atoms with Gasteiger partial charge in [0.05, 0.1) is 22.0 Å². The largest absolute Gasteiger partial charge is 0.368 e. The summed E-state index contributed by atoms with van der Waals surface area (Å²) in [6.07, 6.45) is 1.87. The third kappa shape index (κ3) is 3.71. The minimum Gasteiger partial charge on any atom is -0.368 e. The van der Waals surface area contributed by atoms with Gasteiger partial charge in [-0.15, -0.1) is 11.3 Å². The van der Waals surface area contributed by atoms with Gasteiger partial charge in [-0.1, -0.05) is 29.8 Å². The molecule has 2 aromatic heterocycles. The number of amides is 1. The standard InChI is InChI=1S/C27H25ClN4OS/c1-18-25-23(32(29-18)22-5-3-2-4-6-22)12-7-19-17-24(34-26(19)25)27(33)31-15-13-30(14-16-31)21-10-8-20(28)9-11-21/h2-6,8-11,17H,7,12-16H2,1H3. The molecule has 1 fully saturated rings. The Kier molecular flexibility index (Phi) is 5.42. The number of halogens is 1. The van der Waals surface area contributed by atoms with Gasteiger partial charge in [-0.3, -0.25) is 4.79 Å². The van der Waals surface area contributed by atoms with E-state index in [1.807, 2.05) is 47.4 Å². The van der Waals surface area contributed by atoms with Crippen molar-refractivity contribution in [3.8, 4) is 16.1 Å². The number of para-hydroxylation sites is 1. The van der Waals surface area contributed by atoms with Crippen molar-refractivity contribution in [1.82, 2.24) is 14.7 Å². The van der Waals surface area contributed by atoms with Crippen LogP contribution in [0.3, 0.4) is 0 Å². The van der Waals surface area contributed by atoms with E-state index in [9.17, 15) is 4.79 Å². The molecule has 5 nitrogen and oxygen atoms in total. The van der Waals surface area contributed by atoms with Gasteiger partial charge >= 0.3 is 0 Å². The zero-order valence-corrected chi connectivity index (χ0v) is 20.6. The minimum atomic E-state index is 0.143. The van der Waals surface area contributed by atoms with Crippen molar-refractivity contribution in [3.63, 3.8) is 0 Å². The normalized spacial score (nSPS) is 15.2. The molecule has 0 spiro atoms. The van der Waals surface area contributed by atoms with E-state index in [0.717, 1.165) is 66.0 Å². The molecule has 6 rings (SSSR count). The van der Waals surface area contributed by atoms with E-state index in [0.29, 0.717) is 0 Å². The lowest BCUT2D eigenvalue weighted by Crippen LogP contribution is -2.48. The first-order valence-electron chi connectivity index (χ1n) is 11.7. The highest BCUT2D eigenvalue weighted by molar-refractivity contribution is 7.17. The van der Waals surface area contributed by atoms with Gasteiger partial charge < -0.3 is 9.80 Å². The second-order valence-corrected chi connectivity index (χ2v) is 10.4. The van der Waals surface area contributed by atoms with Crippen molar-refractivity contribution in [3.05, 3.63) is 87.5 Å². The molecule has 3 heterocycles. The summed E-state index contributed by atoms with van der Waals surface area (Å²) in [5, 5.41) is 5.60. The molecular weight excluding hydrogens is 464 g/mol. The van der Waals surface area contributed by atoms with E-state index < -0.39 is 0 Å². The number of carbonyl (C=O) groups is 1. The number of aromatic nitrogens is 2. The summed E-state index contributed by atoms with van der Waals surface area (Å²) >= 11 is 7.65. The summed E-state index contributed by atoms with van der Waals surface area (Å²) in [5.41, 5.74) is 6.99. The first kappa shape index (κ1) is 21.4. The molecule has 0 bridgehead atoms. The monoisotopic (exact) mass is 488 g/mol. The van der Waals surface area contributed by atoms with Gasteiger partial charge in [-0.25, -0.2) is 4.68 Å². The predicted molar refractivity (Wildman–Crippen MR) is 139 cm³/mol. The summed E-state index contributed by atoms with van der Waals surface area (Å²) in [6, 6.07) is 20.3. The van der Waals surface area contributed by atoms with E-state index in [2.05, 4.69) is 34.7 Å². The average molecular weight is 489 g/mol. The van der Waals surface area contributed by atoms with Gasteiger partial charge in [0, 0.05) is 47.3 Å². The zero-order valence-electron chi connectivity index (χ0n) is 19.0. The van der Waals surface area contributed by atoms with Crippen molar-refractivity contribution in [1.29, 1.82) is 0 Å². The fourth-order valence-electron chi connectivity index (χ4n) is 5.04. The lowest BCUT2D eigenvalue weighted by Gasteiger charge is -2.36. The van der Waals surface area contributed by atoms with Gasteiger partial charge in [0.1, 0.15) is 0 Å². The van der Waals surface area contributed by atoms with Crippen LogP contribution in [0.1, 0.15) is 26.6 Å². The molecule has 34 heavy (non-hydrogen) atoms. The van der Waals surface area contributed by atoms with E-state index >= 15 is 0 Å². The number of nitrogens with zero attached hydrogens (tertiary/aromatic N) is 4. The van der Waals surface area contributed by atoms with Crippen molar-refractivity contribution in [2.45, 2.75) is 19.8 Å². The molecular formula is C27H25ClN4OS. The smallest absolute Gasteiger partial charge is 0.264 e. The Morgan fingerprint density at radius 1 is 0.941 bits per heavy atom. The molecule has 4 aromatic rings. The van der Waals surface area contributed by atoms with Crippen LogP contribution < -0.4 is 4.90 Å². The fourth-order valence-corrected chi connectivity index (χ4v) is 6.47. The number of rotatable bonds is 3. The topological polar surface area (TPSA) is 41.4 Å². The van der Waals surface area contributed by atoms with E-state index in [4.69, 9.17) is 16.7 Å². The molecule has 0 radical (unpaired) electrons. The molecule has 2 aliphatic rings. The molecule has 1 aliphatic heterocycles. The maximum atomic E-state index is 13.4. The number of benzene rings is 2. The maximum Gasteiger partial charge on any atom is 0.264 e. The summed E-state index contributed by atoms with van der Waals surface area (Å²) in [5.74, 6) is 0.143. The van der Waals surface area contributed by atoms with Crippen molar-refractivity contribution in [2.75, 3.05) is 31.1 Å². The highest BCUT2D eigenvalue weighted by atomic mass is 35.5. The summed E-state index contributed by atoms with van der Waals surface area (Å²) in [6.45, 7) is 5.17. The van der Waals surface area contributed by atoms with Crippen molar-refractivity contribution in [2.24, 2.45) is 0 Å². The highest BCUT2D eigenvalue weighted by Gasteiger charge is 2.30. The maximum absolute atomic E-state index is 13.4. The fraction of sp³-hybridized carbons (Fsp3) is 0.259. The van der Waals surface area contributed by atoms with E-state index in [-0.39, 0.29) is 5.91 Å². The van der Waals surface area contributed by atoms with E-state index in [1.165, 1.54) is 21.7 Å². The SMILES string of the molecule is Cc1nn(-c2ccccc2)c2c1-c1sc(C(=O)N3CCN(c4ccc(Cl)cc4)CC3)cc1CC2. The van der Waals surface area contributed by atoms with Crippen LogP contribution in [-0.4, -0.2) is 46.8 Å². The third-order valence-corrected chi connectivity index (χ3v) is 8.23. The number of hydrogen-bond acceptors (Lipinski definition) is 4. The predicted octanol–water partition coefficient (Wildman–Crippen LogP) is 5.62. The lowest BCUT2D eigenvalue weighted by atomic mass is 9.95. The average Bonchev–Trinajstić information content (AvgIpc) is 3.46. The Morgan fingerprint density at radius 2 is 1.68 bits per heavy atom. The number of fused-ring (bicyclic) bond motifs is 3. The molecule has 2 aromatic carbocycles. The van der Waals surface area contributed by atoms with Crippen molar-refractivity contribution >= 4 is 34.5 Å². The van der Waals surface area contributed by atoms with Crippen LogP contribution in [0, 0.1) is 6.92 Å². The molecule has 1 saturated heterocycles. The lowest BCUT2D eigenvalue weighted by molar-refractivity contribution is 0.0751. The molecule has 0 atom stereocenters. The van der Waals surface area contributed by atoms with Gasteiger partial charge in [0.2, 0.25) is 0 Å². The Balaban J connectivity index is 1.23. The van der Waals surface area contributed by atoms with Gasteiger partial charge in [-0.05, 0) is 67.8 Å². The molecule has 0 N–H and O–H groups in total. The molecule has 172 valence electrons. The van der Waals surface area contributed by atoms with Crippen molar-refractivity contribution < 1.29 is 4.79 Å². The van der Waals surface area contributed by atoms with Crippen LogP contribution in [0.2, 0.25) is 5.02 Å². The summed E-state index contributed by atoms with van der Waals surface area (Å²) in [7, 11) is 0. The number of piperazine rings is 1. The minimum absolute atomic E-state index is 0.143. The quantitative estimate of drug-likeness (QED) is 0.375. The van der Waals surface area contributed by atoms with E-state index in [1.54, 1.807) is 11.3 Å². The summed E-state index contributed by atoms with van der Waals surface area (Å²) in [4.78, 5) is 19.8. The molecule has 0 unspecified atom stereocenters. The Bertz CT molecular complexity index is 1350. The van der Waals surface area contributed by atoms with Gasteiger partial charge in [0.25, 0.3) is 5.91 Å². The Labute approximate surface area is 208 Å². The highest BCUT2D eigenvalue weighted by Crippen LogP contribution is 2.42. The van der Waals surface area contributed by atoms with Crippen LogP contribution in [0.4, 0.5) is 5.69 Å². The number of anilines is 1. The zero-order chi connectivity index (χ0) is 23.2. The number of hydrogen-bond donors (Lipinski definition) is 0. The second-order valence-electron chi connectivity index (χ2n) is 8.88. The van der Waals surface area contributed by atoms with Crippen LogP contribution in [0.25, 0.3) is 16.1 Å². The van der Waals surface area contributed by atoms with Crippen LogP contribution in [-0.2, 0) is 12.8 Å². The molecule has 0 saturated carbocycles. The molecule has 7 heteroatoms. The molecule has 1 amide bonds. The first-order chi connectivity index (χ1) is 16.6. The first-order valence-corrected chi connectivity index (χ1v) is 12.8. The van der Waals surface area contributed by atoms with Gasteiger partial charge in [-0.2, -0.15) is 5.10 Å². The van der Waals surface area contributed by atoms with Gasteiger partial charge in [0.15, 0.2) is 0 Å². The number of carbonyl (C=O) groups excluding carboxylic acids is 1.